The van der Waals surface area contributed by atoms with Gasteiger partial charge in [-0.3, -0.25) is 4.79 Å². The van der Waals surface area contributed by atoms with Crippen molar-refractivity contribution in [3.05, 3.63) is 77.3 Å². The van der Waals surface area contributed by atoms with E-state index in [2.05, 4.69) is 10.3 Å². The van der Waals surface area contributed by atoms with E-state index >= 15 is 0 Å². The van der Waals surface area contributed by atoms with Crippen LogP contribution in [0, 0.1) is 5.82 Å². The van der Waals surface area contributed by atoms with Crippen LogP contribution in [0.5, 0.6) is 0 Å². The molecule has 4 rings (SSSR count). The van der Waals surface area contributed by atoms with Crippen LogP contribution in [-0.4, -0.2) is 27.9 Å². The molecule has 3 heterocycles. The monoisotopic (exact) mass is 409 g/mol. The second-order valence-corrected chi connectivity index (χ2v) is 7.01. The van der Waals surface area contributed by atoms with Crippen molar-refractivity contribution >= 4 is 33.9 Å². The molecule has 0 aliphatic heterocycles. The number of pyridine rings is 1. The van der Waals surface area contributed by atoms with E-state index in [1.807, 2.05) is 30.3 Å². The van der Waals surface area contributed by atoms with Gasteiger partial charge in [-0.25, -0.2) is 14.2 Å². The number of ether oxygens (including phenoxy) is 1. The summed E-state index contributed by atoms with van der Waals surface area (Å²) in [4.78, 5) is 29.5. The molecule has 0 spiro atoms. The first kappa shape index (κ1) is 18.8. The first-order chi connectivity index (χ1) is 14.1. The fourth-order valence-corrected chi connectivity index (χ4v) is 3.88. The van der Waals surface area contributed by atoms with Crippen LogP contribution in [0.1, 0.15) is 27.8 Å². The molecule has 0 aliphatic carbocycles. The lowest BCUT2D eigenvalue weighted by atomic mass is 10.0. The number of thiophene rings is 1. The van der Waals surface area contributed by atoms with E-state index in [0.29, 0.717) is 21.8 Å². The number of fused-ring (bicyclic) bond motifs is 1. The number of hydrogen-bond donors (Lipinski definition) is 1. The molecule has 0 fully saturated rings. The number of anilines is 1. The van der Waals surface area contributed by atoms with E-state index in [4.69, 9.17) is 4.74 Å². The number of aromatic nitrogens is 2. The van der Waals surface area contributed by atoms with Crippen LogP contribution in [0.2, 0.25) is 0 Å². The molecule has 0 unspecified atom stereocenters. The van der Waals surface area contributed by atoms with Gasteiger partial charge in [-0.1, -0.05) is 30.3 Å². The predicted molar refractivity (Wildman–Crippen MR) is 109 cm³/mol. The van der Waals surface area contributed by atoms with E-state index in [9.17, 15) is 14.0 Å². The van der Waals surface area contributed by atoms with Crippen LogP contribution in [0.4, 0.5) is 9.39 Å². The summed E-state index contributed by atoms with van der Waals surface area (Å²) >= 11 is 1.23. The van der Waals surface area contributed by atoms with Crippen LogP contribution in [0.3, 0.4) is 0 Å². The highest BCUT2D eigenvalue weighted by atomic mass is 32.1. The molecule has 146 valence electrons. The highest BCUT2D eigenvalue weighted by Gasteiger charge is 2.23. The Morgan fingerprint density at radius 2 is 1.97 bits per heavy atom. The number of amides is 1. The van der Waals surface area contributed by atoms with Crippen LogP contribution in [0.15, 0.2) is 60.2 Å². The number of nitrogens with zero attached hydrogens (tertiary/aromatic N) is 2. The Labute approximate surface area is 169 Å². The van der Waals surface area contributed by atoms with Gasteiger partial charge >= 0.3 is 5.97 Å². The molecule has 0 radical (unpaired) electrons. The molecule has 0 saturated heterocycles. The second-order valence-electron chi connectivity index (χ2n) is 6.13. The third-order valence-electron chi connectivity index (χ3n) is 4.23. The van der Waals surface area contributed by atoms with E-state index < -0.39 is 17.7 Å². The van der Waals surface area contributed by atoms with Gasteiger partial charge in [0.1, 0.15) is 27.7 Å². The minimum absolute atomic E-state index is 0.111. The van der Waals surface area contributed by atoms with Crippen molar-refractivity contribution in [3.63, 3.8) is 0 Å². The average Bonchev–Trinajstić information content (AvgIpc) is 3.32. The average molecular weight is 409 g/mol. The number of benzene rings is 1. The van der Waals surface area contributed by atoms with Crippen molar-refractivity contribution in [1.82, 2.24) is 9.38 Å². The molecular formula is C21H16FN3O3S. The maximum Gasteiger partial charge on any atom is 0.341 e. The number of imidazole rings is 1. The van der Waals surface area contributed by atoms with Crippen LogP contribution in [0.25, 0.3) is 16.8 Å². The number of rotatable bonds is 5. The number of hydrogen-bond acceptors (Lipinski definition) is 5. The van der Waals surface area contributed by atoms with Gasteiger partial charge in [0.2, 0.25) is 0 Å². The quantitative estimate of drug-likeness (QED) is 0.488. The largest absolute Gasteiger partial charge is 0.462 e. The Hall–Kier alpha value is -3.52. The zero-order valence-electron chi connectivity index (χ0n) is 15.4. The lowest BCUT2D eigenvalue weighted by molar-refractivity contribution is 0.0529. The van der Waals surface area contributed by atoms with Gasteiger partial charge in [0.15, 0.2) is 0 Å². The molecule has 1 N–H and O–H groups in total. The SMILES string of the molecule is CCOC(=O)c1c(-c2ccccc2)csc1NC(=O)c1cn2cc(F)ccc2n1. The zero-order valence-corrected chi connectivity index (χ0v) is 16.2. The van der Waals surface area contributed by atoms with Crippen molar-refractivity contribution in [2.75, 3.05) is 11.9 Å². The summed E-state index contributed by atoms with van der Waals surface area (Å²) in [6, 6.07) is 12.1. The van der Waals surface area contributed by atoms with Crippen molar-refractivity contribution in [3.8, 4) is 11.1 Å². The number of carbonyl (C=O) groups is 2. The summed E-state index contributed by atoms with van der Waals surface area (Å²) in [5.41, 5.74) is 2.38. The molecule has 0 saturated carbocycles. The van der Waals surface area contributed by atoms with E-state index in [-0.39, 0.29) is 12.3 Å². The smallest absolute Gasteiger partial charge is 0.341 e. The predicted octanol–water partition coefficient (Wildman–Crippen LogP) is 4.63. The lowest BCUT2D eigenvalue weighted by Crippen LogP contribution is -2.15. The van der Waals surface area contributed by atoms with Crippen LogP contribution in [-0.2, 0) is 4.74 Å². The fraction of sp³-hybridized carbons (Fsp3) is 0.0952. The minimum Gasteiger partial charge on any atom is -0.462 e. The molecule has 4 aromatic rings. The van der Waals surface area contributed by atoms with Gasteiger partial charge in [0.25, 0.3) is 5.91 Å². The van der Waals surface area contributed by atoms with Gasteiger partial charge in [-0.05, 0) is 24.6 Å². The second kappa shape index (κ2) is 7.84. The third kappa shape index (κ3) is 3.74. The molecule has 29 heavy (non-hydrogen) atoms. The van der Waals surface area contributed by atoms with Gasteiger partial charge in [0.05, 0.1) is 6.61 Å². The fourth-order valence-electron chi connectivity index (χ4n) is 2.93. The van der Waals surface area contributed by atoms with Gasteiger partial charge in [0, 0.05) is 23.3 Å². The molecule has 6 nitrogen and oxygen atoms in total. The summed E-state index contributed by atoms with van der Waals surface area (Å²) < 4.78 is 20.0. The number of nitrogens with one attached hydrogen (secondary N) is 1. The third-order valence-corrected chi connectivity index (χ3v) is 5.13. The Kier molecular flexibility index (Phi) is 5.09. The zero-order chi connectivity index (χ0) is 20.4. The van der Waals surface area contributed by atoms with Crippen LogP contribution < -0.4 is 5.32 Å². The summed E-state index contributed by atoms with van der Waals surface area (Å²) in [5, 5.41) is 4.91. The normalized spacial score (nSPS) is 10.8. The Morgan fingerprint density at radius 3 is 2.72 bits per heavy atom. The Bertz CT molecular complexity index is 1200. The van der Waals surface area contributed by atoms with Gasteiger partial charge in [-0.2, -0.15) is 0 Å². The van der Waals surface area contributed by atoms with Gasteiger partial charge < -0.3 is 14.5 Å². The van der Waals surface area contributed by atoms with Crippen molar-refractivity contribution < 1.29 is 18.7 Å². The van der Waals surface area contributed by atoms with E-state index in [1.54, 1.807) is 12.3 Å². The summed E-state index contributed by atoms with van der Waals surface area (Å²) in [6.45, 7) is 1.94. The molecule has 3 aromatic heterocycles. The Morgan fingerprint density at radius 1 is 1.17 bits per heavy atom. The van der Waals surface area contributed by atoms with Crippen molar-refractivity contribution in [1.29, 1.82) is 0 Å². The maximum atomic E-state index is 13.4. The molecule has 0 bridgehead atoms. The summed E-state index contributed by atoms with van der Waals surface area (Å²) in [6.07, 6.45) is 2.67. The van der Waals surface area contributed by atoms with E-state index in [1.165, 1.54) is 40.3 Å². The van der Waals surface area contributed by atoms with Crippen molar-refractivity contribution in [2.45, 2.75) is 6.92 Å². The summed E-state index contributed by atoms with van der Waals surface area (Å²) in [5.74, 6) is -1.45. The first-order valence-electron chi connectivity index (χ1n) is 8.86. The number of halogens is 1. The maximum absolute atomic E-state index is 13.4. The lowest BCUT2D eigenvalue weighted by Gasteiger charge is -2.08. The molecule has 1 aromatic carbocycles. The highest BCUT2D eigenvalue weighted by Crippen LogP contribution is 2.36. The van der Waals surface area contributed by atoms with Gasteiger partial charge in [-0.15, -0.1) is 11.3 Å². The molecule has 1 amide bonds. The molecule has 0 aliphatic rings. The van der Waals surface area contributed by atoms with Crippen molar-refractivity contribution in [2.24, 2.45) is 0 Å². The number of esters is 1. The van der Waals surface area contributed by atoms with E-state index in [0.717, 1.165) is 5.56 Å². The Balaban J connectivity index is 1.69. The standard InChI is InChI=1S/C21H16FN3O3S/c1-2-28-21(27)18-15(13-6-4-3-5-7-13)12-29-20(18)24-19(26)16-11-25-10-14(22)8-9-17(25)23-16/h3-12H,2H2,1H3,(H,24,26). The first-order valence-corrected chi connectivity index (χ1v) is 9.74. The topological polar surface area (TPSA) is 72.7 Å². The molecule has 0 atom stereocenters. The number of carbonyl (C=O) groups excluding carboxylic acids is 2. The molecule has 8 heteroatoms. The minimum atomic E-state index is -0.514. The summed E-state index contributed by atoms with van der Waals surface area (Å²) in [7, 11) is 0. The van der Waals surface area contributed by atoms with Crippen LogP contribution >= 0.6 is 11.3 Å². The molecular weight excluding hydrogens is 393 g/mol. The highest BCUT2D eigenvalue weighted by molar-refractivity contribution is 7.15.